The van der Waals surface area contributed by atoms with Gasteiger partial charge in [-0.25, -0.2) is 0 Å². The van der Waals surface area contributed by atoms with Crippen molar-refractivity contribution in [3.05, 3.63) is 77.9 Å². The molecule has 6 heteroatoms. The van der Waals surface area contributed by atoms with Gasteiger partial charge in [-0.3, -0.25) is 14.4 Å². The van der Waals surface area contributed by atoms with E-state index in [4.69, 9.17) is 0 Å². The summed E-state index contributed by atoms with van der Waals surface area (Å²) < 4.78 is 0. The molecule has 2 aliphatic rings. The van der Waals surface area contributed by atoms with Crippen molar-refractivity contribution in [3.8, 4) is 0 Å². The lowest BCUT2D eigenvalue weighted by atomic mass is 10.1. The van der Waals surface area contributed by atoms with E-state index in [0.717, 1.165) is 53.3 Å². The molecule has 0 spiro atoms. The lowest BCUT2D eigenvalue weighted by Crippen LogP contribution is -2.51. The van der Waals surface area contributed by atoms with Gasteiger partial charge in [0.1, 0.15) is 6.04 Å². The van der Waals surface area contributed by atoms with Gasteiger partial charge in [-0.1, -0.05) is 74.4 Å². The molecule has 5 rings (SSSR count). The van der Waals surface area contributed by atoms with Gasteiger partial charge < -0.3 is 15.1 Å². The molecule has 3 aromatic carbocycles. The largest absolute Gasteiger partial charge is 0.352 e. The summed E-state index contributed by atoms with van der Waals surface area (Å²) >= 11 is 0. The van der Waals surface area contributed by atoms with Gasteiger partial charge in [0.15, 0.2) is 0 Å². The summed E-state index contributed by atoms with van der Waals surface area (Å²) in [5, 5.41) is 5.25. The van der Waals surface area contributed by atoms with E-state index >= 15 is 0 Å². The Kier molecular flexibility index (Phi) is 8.06. The maximum absolute atomic E-state index is 13.6. The fourth-order valence-corrected chi connectivity index (χ4v) is 6.00. The van der Waals surface area contributed by atoms with Crippen molar-refractivity contribution >= 4 is 34.2 Å². The summed E-state index contributed by atoms with van der Waals surface area (Å²) in [6.07, 6.45) is 6.41. The lowest BCUT2D eigenvalue weighted by Gasteiger charge is -2.32. The molecular weight excluding hydrogens is 474 g/mol. The first-order chi connectivity index (χ1) is 18.6. The summed E-state index contributed by atoms with van der Waals surface area (Å²) in [5.41, 5.74) is 2.78. The number of rotatable bonds is 11. The van der Waals surface area contributed by atoms with Crippen LogP contribution >= 0.6 is 0 Å². The van der Waals surface area contributed by atoms with E-state index in [1.165, 1.54) is 0 Å². The van der Waals surface area contributed by atoms with Crippen LogP contribution in [-0.2, 0) is 16.0 Å². The topological polar surface area (TPSA) is 69.7 Å². The first kappa shape index (κ1) is 26.0. The average molecular weight is 512 g/mol. The minimum Gasteiger partial charge on any atom is -0.352 e. The van der Waals surface area contributed by atoms with Gasteiger partial charge >= 0.3 is 0 Å². The number of nitrogens with one attached hydrogen (secondary N) is 1. The van der Waals surface area contributed by atoms with Gasteiger partial charge in [-0.15, -0.1) is 0 Å². The summed E-state index contributed by atoms with van der Waals surface area (Å²) in [7, 11) is 0. The number of nitrogens with zero attached hydrogens (tertiary/aromatic N) is 2. The van der Waals surface area contributed by atoms with Crippen molar-refractivity contribution in [3.63, 3.8) is 0 Å². The Balaban J connectivity index is 1.26. The highest BCUT2D eigenvalue weighted by molar-refractivity contribution is 6.25. The quantitative estimate of drug-likeness (QED) is 0.370. The van der Waals surface area contributed by atoms with Crippen LogP contribution in [0, 0.1) is 0 Å². The fourth-order valence-electron chi connectivity index (χ4n) is 6.00. The standard InChI is InChI=1S/C32H37N3O3/c1-2-27(31(37)33-25-15-6-7-16-25)34(22-20-23-11-4-3-5-12-23)29(36)19-10-21-35-28-18-9-14-24-13-8-17-26(30(24)28)32(35)38/h3-5,8-9,11-14,17-18,25,27H,2,6-7,10,15-16,19-22H2,1H3,(H,33,37)/t27-/m0/s1. The highest BCUT2D eigenvalue weighted by Gasteiger charge is 2.32. The predicted molar refractivity (Wildman–Crippen MR) is 151 cm³/mol. The van der Waals surface area contributed by atoms with Crippen molar-refractivity contribution in [1.29, 1.82) is 0 Å². The Labute approximate surface area is 225 Å². The second-order valence-electron chi connectivity index (χ2n) is 10.5. The van der Waals surface area contributed by atoms with Crippen LogP contribution in [0.5, 0.6) is 0 Å². The molecule has 6 nitrogen and oxygen atoms in total. The van der Waals surface area contributed by atoms with Crippen LogP contribution in [0.25, 0.3) is 10.8 Å². The molecule has 1 atom stereocenters. The molecule has 1 aliphatic heterocycles. The Bertz CT molecular complexity index is 1290. The summed E-state index contributed by atoms with van der Waals surface area (Å²) in [5.74, 6) is -0.0815. The minimum atomic E-state index is -0.488. The maximum atomic E-state index is 13.6. The van der Waals surface area contributed by atoms with Gasteiger partial charge in [-0.05, 0) is 55.2 Å². The van der Waals surface area contributed by atoms with Crippen LogP contribution < -0.4 is 10.2 Å². The van der Waals surface area contributed by atoms with Gasteiger partial charge in [0, 0.05) is 36.5 Å². The van der Waals surface area contributed by atoms with E-state index in [-0.39, 0.29) is 30.2 Å². The smallest absolute Gasteiger partial charge is 0.258 e. The predicted octanol–water partition coefficient (Wildman–Crippen LogP) is 5.49. The molecule has 1 N–H and O–H groups in total. The van der Waals surface area contributed by atoms with Crippen LogP contribution in [0.1, 0.15) is 67.8 Å². The lowest BCUT2D eigenvalue weighted by molar-refractivity contribution is -0.141. The zero-order chi connectivity index (χ0) is 26.5. The highest BCUT2D eigenvalue weighted by atomic mass is 16.2. The molecule has 3 aromatic rings. The zero-order valence-electron chi connectivity index (χ0n) is 22.2. The second kappa shape index (κ2) is 11.8. The number of amides is 3. The van der Waals surface area contributed by atoms with Crippen LogP contribution in [-0.4, -0.2) is 47.8 Å². The molecule has 0 bridgehead atoms. The van der Waals surface area contributed by atoms with Gasteiger partial charge in [0.2, 0.25) is 11.8 Å². The maximum Gasteiger partial charge on any atom is 0.258 e. The first-order valence-corrected chi connectivity index (χ1v) is 14.0. The molecule has 0 radical (unpaired) electrons. The summed E-state index contributed by atoms with van der Waals surface area (Å²) in [6.45, 7) is 2.94. The summed E-state index contributed by atoms with van der Waals surface area (Å²) in [4.78, 5) is 43.6. The van der Waals surface area contributed by atoms with E-state index in [0.29, 0.717) is 32.4 Å². The van der Waals surface area contributed by atoms with E-state index in [1.54, 1.807) is 9.80 Å². The molecular formula is C32H37N3O3. The SMILES string of the molecule is CC[C@@H](C(=O)NC1CCCC1)N(CCc1ccccc1)C(=O)CCCN1C(=O)c2cccc3cccc1c23. The van der Waals surface area contributed by atoms with Crippen molar-refractivity contribution in [1.82, 2.24) is 10.2 Å². The van der Waals surface area contributed by atoms with E-state index in [1.807, 2.05) is 61.5 Å². The molecule has 0 saturated heterocycles. The van der Waals surface area contributed by atoms with Crippen molar-refractivity contribution < 1.29 is 14.4 Å². The Morgan fingerprint density at radius 1 is 1.00 bits per heavy atom. The van der Waals surface area contributed by atoms with Crippen molar-refractivity contribution in [2.24, 2.45) is 0 Å². The Morgan fingerprint density at radius 3 is 2.47 bits per heavy atom. The highest BCUT2D eigenvalue weighted by Crippen LogP contribution is 2.37. The van der Waals surface area contributed by atoms with E-state index in [9.17, 15) is 14.4 Å². The summed E-state index contributed by atoms with van der Waals surface area (Å²) in [6, 6.07) is 21.6. The van der Waals surface area contributed by atoms with Crippen LogP contribution in [0.3, 0.4) is 0 Å². The van der Waals surface area contributed by atoms with Crippen molar-refractivity contribution in [2.45, 2.75) is 70.4 Å². The van der Waals surface area contributed by atoms with Crippen molar-refractivity contribution in [2.75, 3.05) is 18.0 Å². The molecule has 0 unspecified atom stereocenters. The fraction of sp³-hybridized carbons (Fsp3) is 0.406. The number of hydrogen-bond acceptors (Lipinski definition) is 3. The molecule has 1 aliphatic carbocycles. The first-order valence-electron chi connectivity index (χ1n) is 14.0. The molecule has 1 heterocycles. The number of anilines is 1. The molecule has 0 aromatic heterocycles. The average Bonchev–Trinajstić information content (AvgIpc) is 3.55. The van der Waals surface area contributed by atoms with Gasteiger partial charge in [-0.2, -0.15) is 0 Å². The van der Waals surface area contributed by atoms with E-state index < -0.39 is 6.04 Å². The molecule has 3 amide bonds. The third-order valence-electron chi connectivity index (χ3n) is 7.99. The van der Waals surface area contributed by atoms with Crippen LogP contribution in [0.4, 0.5) is 5.69 Å². The van der Waals surface area contributed by atoms with E-state index in [2.05, 4.69) is 17.4 Å². The van der Waals surface area contributed by atoms with Crippen LogP contribution in [0.15, 0.2) is 66.7 Å². The number of hydrogen-bond donors (Lipinski definition) is 1. The third-order valence-corrected chi connectivity index (χ3v) is 7.99. The monoisotopic (exact) mass is 511 g/mol. The normalized spacial score (nSPS) is 15.7. The van der Waals surface area contributed by atoms with Gasteiger partial charge in [0.05, 0.1) is 5.69 Å². The van der Waals surface area contributed by atoms with Crippen LogP contribution in [0.2, 0.25) is 0 Å². The number of carbonyl (C=O) groups is 3. The Hall–Kier alpha value is -3.67. The molecule has 38 heavy (non-hydrogen) atoms. The minimum absolute atomic E-state index is 0.00689. The number of carbonyl (C=O) groups excluding carboxylic acids is 3. The van der Waals surface area contributed by atoms with Gasteiger partial charge in [0.25, 0.3) is 5.91 Å². The second-order valence-corrected chi connectivity index (χ2v) is 10.5. The molecule has 1 saturated carbocycles. The zero-order valence-corrected chi connectivity index (χ0v) is 22.2. The molecule has 1 fully saturated rings. The number of benzene rings is 3. The third kappa shape index (κ3) is 5.45. The molecule has 198 valence electrons. The Morgan fingerprint density at radius 2 is 1.74 bits per heavy atom.